The average Bonchev–Trinajstić information content (AvgIpc) is 2.92. The lowest BCUT2D eigenvalue weighted by Gasteiger charge is -2.24. The third-order valence-electron chi connectivity index (χ3n) is 3.63. The van der Waals surface area contributed by atoms with Gasteiger partial charge in [-0.2, -0.15) is 0 Å². The van der Waals surface area contributed by atoms with Crippen molar-refractivity contribution < 1.29 is 19.1 Å². The van der Waals surface area contributed by atoms with Gasteiger partial charge in [-0.25, -0.2) is 4.79 Å². The standard InChI is InChI=1S/C17H24N2O4/c1-5-22-15(20)13-11-19(16(21)23-17(2,3)4)10-12(13)14-8-6-7-9-18-14/h6-9,12-13H,5,10-11H2,1-4H3/t12-,13-/m1/s1. The molecule has 2 heterocycles. The van der Waals surface area contributed by atoms with Crippen molar-refractivity contribution in [3.05, 3.63) is 30.1 Å². The van der Waals surface area contributed by atoms with Crippen LogP contribution in [0.25, 0.3) is 0 Å². The van der Waals surface area contributed by atoms with Crippen molar-refractivity contribution in [2.45, 2.75) is 39.2 Å². The summed E-state index contributed by atoms with van der Waals surface area (Å²) >= 11 is 0. The molecule has 0 unspecified atom stereocenters. The number of aromatic nitrogens is 1. The molecule has 6 heteroatoms. The van der Waals surface area contributed by atoms with Crippen molar-refractivity contribution in [1.29, 1.82) is 0 Å². The summed E-state index contributed by atoms with van der Waals surface area (Å²) in [5.74, 6) is -0.894. The maximum absolute atomic E-state index is 12.3. The Hall–Kier alpha value is -2.11. The first-order chi connectivity index (χ1) is 10.8. The Morgan fingerprint density at radius 2 is 2.04 bits per heavy atom. The fourth-order valence-electron chi connectivity index (χ4n) is 2.66. The summed E-state index contributed by atoms with van der Waals surface area (Å²) in [5, 5.41) is 0. The minimum Gasteiger partial charge on any atom is -0.466 e. The largest absolute Gasteiger partial charge is 0.466 e. The summed E-state index contributed by atoms with van der Waals surface area (Å²) in [7, 11) is 0. The van der Waals surface area contributed by atoms with E-state index >= 15 is 0 Å². The number of nitrogens with zero attached hydrogens (tertiary/aromatic N) is 2. The van der Waals surface area contributed by atoms with E-state index in [2.05, 4.69) is 4.98 Å². The molecule has 1 saturated heterocycles. The fourth-order valence-corrected chi connectivity index (χ4v) is 2.66. The number of pyridine rings is 1. The molecule has 0 saturated carbocycles. The first-order valence-electron chi connectivity index (χ1n) is 7.87. The molecular formula is C17H24N2O4. The zero-order valence-electron chi connectivity index (χ0n) is 14.1. The van der Waals surface area contributed by atoms with E-state index < -0.39 is 17.6 Å². The lowest BCUT2D eigenvalue weighted by Crippen LogP contribution is -2.36. The lowest BCUT2D eigenvalue weighted by atomic mass is 9.92. The monoisotopic (exact) mass is 320 g/mol. The summed E-state index contributed by atoms with van der Waals surface area (Å²) in [6, 6.07) is 5.57. The normalized spacial score (nSPS) is 21.1. The Labute approximate surface area is 136 Å². The van der Waals surface area contributed by atoms with Gasteiger partial charge in [-0.05, 0) is 39.8 Å². The number of hydrogen-bond donors (Lipinski definition) is 0. The van der Waals surface area contributed by atoms with E-state index in [1.54, 1.807) is 18.0 Å². The number of likely N-dealkylation sites (tertiary alicyclic amines) is 1. The Morgan fingerprint density at radius 3 is 2.61 bits per heavy atom. The lowest BCUT2D eigenvalue weighted by molar-refractivity contribution is -0.147. The molecule has 0 aromatic carbocycles. The zero-order chi connectivity index (χ0) is 17.0. The van der Waals surface area contributed by atoms with Crippen LogP contribution in [0.15, 0.2) is 24.4 Å². The van der Waals surface area contributed by atoms with Gasteiger partial charge in [-0.15, -0.1) is 0 Å². The minimum absolute atomic E-state index is 0.178. The maximum atomic E-state index is 12.3. The van der Waals surface area contributed by atoms with Gasteiger partial charge in [-0.3, -0.25) is 9.78 Å². The average molecular weight is 320 g/mol. The highest BCUT2D eigenvalue weighted by Crippen LogP contribution is 2.33. The number of carbonyl (C=O) groups excluding carboxylic acids is 2. The highest BCUT2D eigenvalue weighted by atomic mass is 16.6. The van der Waals surface area contributed by atoms with Crippen LogP contribution in [0.5, 0.6) is 0 Å². The molecule has 1 aromatic rings. The first kappa shape index (κ1) is 17.2. The van der Waals surface area contributed by atoms with Gasteiger partial charge in [0.2, 0.25) is 0 Å². The van der Waals surface area contributed by atoms with Gasteiger partial charge in [0.25, 0.3) is 0 Å². The predicted octanol–water partition coefficient (Wildman–Crippen LogP) is 2.60. The van der Waals surface area contributed by atoms with Crippen LogP contribution in [-0.4, -0.2) is 47.2 Å². The van der Waals surface area contributed by atoms with Crippen molar-refractivity contribution in [2.24, 2.45) is 5.92 Å². The highest BCUT2D eigenvalue weighted by Gasteiger charge is 2.43. The number of amides is 1. The molecule has 1 amide bonds. The number of carbonyl (C=O) groups is 2. The van der Waals surface area contributed by atoms with Crippen LogP contribution in [0.4, 0.5) is 4.79 Å². The van der Waals surface area contributed by atoms with Crippen LogP contribution in [0.2, 0.25) is 0 Å². The van der Waals surface area contributed by atoms with E-state index in [0.29, 0.717) is 13.2 Å². The smallest absolute Gasteiger partial charge is 0.410 e. The molecule has 1 aromatic heterocycles. The van der Waals surface area contributed by atoms with Gasteiger partial charge < -0.3 is 14.4 Å². The second kappa shape index (κ2) is 6.98. The van der Waals surface area contributed by atoms with Crippen molar-refractivity contribution in [2.75, 3.05) is 19.7 Å². The number of esters is 1. The molecule has 23 heavy (non-hydrogen) atoms. The van der Waals surface area contributed by atoms with E-state index in [9.17, 15) is 9.59 Å². The second-order valence-electron chi connectivity index (χ2n) is 6.60. The molecule has 2 atom stereocenters. The van der Waals surface area contributed by atoms with E-state index in [1.165, 1.54) is 0 Å². The summed E-state index contributed by atoms with van der Waals surface area (Å²) in [5.41, 5.74) is 0.219. The molecule has 2 rings (SSSR count). The zero-order valence-corrected chi connectivity index (χ0v) is 14.1. The molecule has 126 valence electrons. The predicted molar refractivity (Wildman–Crippen MR) is 84.9 cm³/mol. The summed E-state index contributed by atoms with van der Waals surface area (Å²) < 4.78 is 10.6. The molecule has 1 aliphatic rings. The Kier molecular flexibility index (Phi) is 5.23. The SMILES string of the molecule is CCOC(=O)[C@@H]1CN(C(=O)OC(C)(C)C)C[C@H]1c1ccccn1. The van der Waals surface area contributed by atoms with Crippen LogP contribution in [0.3, 0.4) is 0 Å². The summed E-state index contributed by atoms with van der Waals surface area (Å²) in [6.07, 6.45) is 1.28. The molecule has 0 radical (unpaired) electrons. The summed E-state index contributed by atoms with van der Waals surface area (Å²) in [6.45, 7) is 8.23. The maximum Gasteiger partial charge on any atom is 0.410 e. The topological polar surface area (TPSA) is 68.7 Å². The van der Waals surface area contributed by atoms with Crippen molar-refractivity contribution >= 4 is 12.1 Å². The third-order valence-corrected chi connectivity index (χ3v) is 3.63. The van der Waals surface area contributed by atoms with Crippen LogP contribution in [0, 0.1) is 5.92 Å². The number of hydrogen-bond acceptors (Lipinski definition) is 5. The van der Waals surface area contributed by atoms with Crippen LogP contribution >= 0.6 is 0 Å². The molecule has 1 aliphatic heterocycles. The van der Waals surface area contributed by atoms with E-state index in [1.807, 2.05) is 39.0 Å². The molecule has 1 fully saturated rings. The van der Waals surface area contributed by atoms with E-state index in [4.69, 9.17) is 9.47 Å². The van der Waals surface area contributed by atoms with Gasteiger partial charge in [0.15, 0.2) is 0 Å². The Bertz CT molecular complexity index is 553. The highest BCUT2D eigenvalue weighted by molar-refractivity contribution is 5.77. The molecule has 0 spiro atoms. The van der Waals surface area contributed by atoms with Crippen molar-refractivity contribution in [1.82, 2.24) is 9.88 Å². The first-order valence-corrected chi connectivity index (χ1v) is 7.87. The Morgan fingerprint density at radius 1 is 1.30 bits per heavy atom. The molecule has 0 N–H and O–H groups in total. The van der Waals surface area contributed by atoms with Gasteiger partial charge in [0.05, 0.1) is 12.5 Å². The molecular weight excluding hydrogens is 296 g/mol. The van der Waals surface area contributed by atoms with Crippen molar-refractivity contribution in [3.63, 3.8) is 0 Å². The van der Waals surface area contributed by atoms with Crippen LogP contribution in [-0.2, 0) is 14.3 Å². The van der Waals surface area contributed by atoms with E-state index in [0.717, 1.165) is 5.69 Å². The third kappa shape index (κ3) is 4.43. The van der Waals surface area contributed by atoms with Crippen molar-refractivity contribution in [3.8, 4) is 0 Å². The number of ether oxygens (including phenoxy) is 2. The summed E-state index contributed by atoms with van der Waals surface area (Å²) in [4.78, 5) is 30.4. The fraction of sp³-hybridized carbons (Fsp3) is 0.588. The second-order valence-corrected chi connectivity index (χ2v) is 6.60. The van der Waals surface area contributed by atoms with Crippen LogP contribution < -0.4 is 0 Å². The molecule has 0 aliphatic carbocycles. The van der Waals surface area contributed by atoms with Gasteiger partial charge in [0.1, 0.15) is 5.60 Å². The Balaban J connectivity index is 2.18. The number of rotatable bonds is 3. The molecule has 6 nitrogen and oxygen atoms in total. The van der Waals surface area contributed by atoms with Gasteiger partial charge >= 0.3 is 12.1 Å². The van der Waals surface area contributed by atoms with Gasteiger partial charge in [0, 0.05) is 30.9 Å². The molecule has 0 bridgehead atoms. The van der Waals surface area contributed by atoms with E-state index in [-0.39, 0.29) is 18.4 Å². The quantitative estimate of drug-likeness (QED) is 0.801. The minimum atomic E-state index is -0.570. The van der Waals surface area contributed by atoms with Gasteiger partial charge in [-0.1, -0.05) is 6.07 Å². The van der Waals surface area contributed by atoms with Crippen LogP contribution in [0.1, 0.15) is 39.3 Å².